The van der Waals surface area contributed by atoms with Crippen LogP contribution in [-0.4, -0.2) is 60.1 Å². The number of ether oxygens (including phenoxy) is 4. The number of phenolic OH excluding ortho intramolecular Hbond substituents is 1. The Morgan fingerprint density at radius 1 is 0.911 bits per heavy atom. The fourth-order valence-corrected chi connectivity index (χ4v) is 6.02. The fourth-order valence-electron chi connectivity index (χ4n) is 6.02. The minimum absolute atomic E-state index is 0.149. The number of aryl methyl sites for hydroxylation is 2. The highest BCUT2D eigenvalue weighted by Gasteiger charge is 2.42. The van der Waals surface area contributed by atoms with Gasteiger partial charge in [0.25, 0.3) is 5.91 Å². The van der Waals surface area contributed by atoms with Gasteiger partial charge in [0.05, 0.1) is 33.5 Å². The number of fused-ring (bicyclic) bond motifs is 1. The number of aromatic hydroxyl groups is 1. The first-order valence-corrected chi connectivity index (χ1v) is 15.6. The van der Waals surface area contributed by atoms with Crippen molar-refractivity contribution in [2.45, 2.75) is 59.4 Å². The number of nitrogens with one attached hydrogen (secondary N) is 1. The van der Waals surface area contributed by atoms with E-state index in [2.05, 4.69) is 17.1 Å². The number of unbranched alkanes of at least 4 members (excludes halogenated alkanes) is 2. The van der Waals surface area contributed by atoms with Crippen LogP contribution in [0.3, 0.4) is 0 Å². The number of hydrogen-bond donors (Lipinski definition) is 2. The van der Waals surface area contributed by atoms with Crippen LogP contribution in [0.15, 0.2) is 48.5 Å². The van der Waals surface area contributed by atoms with Crippen molar-refractivity contribution in [2.24, 2.45) is 0 Å². The standard InChI is InChI=1S/C36H43N3O6/c1-7-9-10-17-45-28-14-12-25(21-30(28)44-8-2)34-31-32(26-19-22(3)18-23(4)35(26)40)37-38-33(31)36(41)39(34)16-15-24-11-13-27(42-5)29(20-24)43-6/h11-14,18-21,34,40H,7-10,15-17H2,1-6H3,(H,37,38). The van der Waals surface area contributed by atoms with Crippen molar-refractivity contribution in [1.29, 1.82) is 0 Å². The van der Waals surface area contributed by atoms with Gasteiger partial charge in [-0.1, -0.05) is 38.0 Å². The summed E-state index contributed by atoms with van der Waals surface area (Å²) in [5.74, 6) is 2.59. The Morgan fingerprint density at radius 3 is 2.42 bits per heavy atom. The molecule has 238 valence electrons. The number of carbonyl (C=O) groups is 1. The Kier molecular flexibility index (Phi) is 9.86. The number of nitrogens with zero attached hydrogens (tertiary/aromatic N) is 2. The lowest BCUT2D eigenvalue weighted by Gasteiger charge is -2.27. The first-order valence-electron chi connectivity index (χ1n) is 15.6. The summed E-state index contributed by atoms with van der Waals surface area (Å²) in [6.45, 7) is 9.46. The number of H-pyrrole nitrogens is 1. The lowest BCUT2D eigenvalue weighted by Crippen LogP contribution is -2.31. The lowest BCUT2D eigenvalue weighted by molar-refractivity contribution is 0.0745. The summed E-state index contributed by atoms with van der Waals surface area (Å²) in [6.07, 6.45) is 3.76. The van der Waals surface area contributed by atoms with E-state index in [1.54, 1.807) is 14.2 Å². The molecular formula is C36H43N3O6. The van der Waals surface area contributed by atoms with E-state index in [1.165, 1.54) is 0 Å². The van der Waals surface area contributed by atoms with Gasteiger partial charge in [-0.3, -0.25) is 9.89 Å². The second-order valence-corrected chi connectivity index (χ2v) is 11.4. The second-order valence-electron chi connectivity index (χ2n) is 11.4. The molecule has 0 saturated carbocycles. The molecule has 1 aliphatic heterocycles. The largest absolute Gasteiger partial charge is 0.507 e. The first kappa shape index (κ1) is 31.8. The van der Waals surface area contributed by atoms with E-state index < -0.39 is 6.04 Å². The summed E-state index contributed by atoms with van der Waals surface area (Å²) >= 11 is 0. The van der Waals surface area contributed by atoms with Gasteiger partial charge in [-0.05, 0) is 86.2 Å². The Morgan fingerprint density at radius 2 is 1.69 bits per heavy atom. The van der Waals surface area contributed by atoms with Crippen LogP contribution in [0.2, 0.25) is 0 Å². The number of amides is 1. The maximum atomic E-state index is 14.1. The third kappa shape index (κ3) is 6.43. The third-order valence-electron chi connectivity index (χ3n) is 8.24. The van der Waals surface area contributed by atoms with Crippen LogP contribution >= 0.6 is 0 Å². The van der Waals surface area contributed by atoms with Crippen LogP contribution in [0, 0.1) is 13.8 Å². The molecular weight excluding hydrogens is 570 g/mol. The summed E-state index contributed by atoms with van der Waals surface area (Å²) < 4.78 is 23.1. The number of aromatic amines is 1. The van der Waals surface area contributed by atoms with Crippen LogP contribution in [-0.2, 0) is 6.42 Å². The van der Waals surface area contributed by atoms with Gasteiger partial charge in [-0.2, -0.15) is 5.10 Å². The van der Waals surface area contributed by atoms with Crippen LogP contribution < -0.4 is 18.9 Å². The normalized spacial score (nSPS) is 14.0. The molecule has 0 saturated heterocycles. The predicted molar refractivity (Wildman–Crippen MR) is 174 cm³/mol. The molecule has 5 rings (SSSR count). The van der Waals surface area contributed by atoms with E-state index in [9.17, 15) is 9.90 Å². The van der Waals surface area contributed by atoms with Gasteiger partial charge in [-0.15, -0.1) is 0 Å². The minimum atomic E-state index is -0.477. The SMILES string of the molecule is CCCCCOc1ccc(C2c3c(-c4cc(C)cc(C)c4O)n[nH]c3C(=O)N2CCc2ccc(OC)c(OC)c2)cc1OCC. The number of benzene rings is 3. The van der Waals surface area contributed by atoms with Crippen molar-refractivity contribution in [2.75, 3.05) is 34.0 Å². The van der Waals surface area contributed by atoms with Crippen molar-refractivity contribution in [3.8, 4) is 40.0 Å². The highest BCUT2D eigenvalue weighted by Crippen LogP contribution is 2.46. The maximum absolute atomic E-state index is 14.1. The Hall–Kier alpha value is -4.66. The van der Waals surface area contributed by atoms with Gasteiger partial charge in [-0.25, -0.2) is 0 Å². The van der Waals surface area contributed by atoms with Gasteiger partial charge in [0.2, 0.25) is 0 Å². The number of carbonyl (C=O) groups excluding carboxylic acids is 1. The molecule has 0 aliphatic carbocycles. The molecule has 2 heterocycles. The molecule has 4 aromatic rings. The van der Waals surface area contributed by atoms with Gasteiger partial charge < -0.3 is 29.0 Å². The Balaban J connectivity index is 1.57. The Bertz CT molecular complexity index is 1660. The number of rotatable bonds is 14. The fraction of sp³-hybridized carbons (Fsp3) is 0.389. The van der Waals surface area contributed by atoms with Crippen LogP contribution in [0.1, 0.15) is 77.5 Å². The average Bonchev–Trinajstić information content (AvgIpc) is 3.58. The molecule has 1 atom stereocenters. The van der Waals surface area contributed by atoms with Crippen molar-refractivity contribution in [1.82, 2.24) is 15.1 Å². The van der Waals surface area contributed by atoms with E-state index in [0.717, 1.165) is 47.1 Å². The molecule has 1 amide bonds. The quantitative estimate of drug-likeness (QED) is 0.145. The zero-order chi connectivity index (χ0) is 32.1. The molecule has 0 bridgehead atoms. The van der Waals surface area contributed by atoms with Gasteiger partial charge in [0.15, 0.2) is 23.0 Å². The number of aromatic nitrogens is 2. The molecule has 1 aliphatic rings. The number of phenols is 1. The molecule has 9 nitrogen and oxygen atoms in total. The summed E-state index contributed by atoms with van der Waals surface area (Å²) in [6, 6.07) is 15.0. The molecule has 0 fully saturated rings. The summed E-state index contributed by atoms with van der Waals surface area (Å²) in [4.78, 5) is 15.9. The molecule has 9 heteroatoms. The van der Waals surface area contributed by atoms with Crippen molar-refractivity contribution in [3.05, 3.63) is 82.0 Å². The van der Waals surface area contributed by atoms with Crippen molar-refractivity contribution in [3.63, 3.8) is 0 Å². The maximum Gasteiger partial charge on any atom is 0.273 e. The molecule has 1 aromatic heterocycles. The van der Waals surface area contributed by atoms with Crippen LogP contribution in [0.5, 0.6) is 28.7 Å². The summed E-state index contributed by atoms with van der Waals surface area (Å²) in [7, 11) is 3.22. The van der Waals surface area contributed by atoms with E-state index in [4.69, 9.17) is 18.9 Å². The molecule has 1 unspecified atom stereocenters. The van der Waals surface area contributed by atoms with Gasteiger partial charge >= 0.3 is 0 Å². The van der Waals surface area contributed by atoms with Crippen LogP contribution in [0.4, 0.5) is 0 Å². The van der Waals surface area contributed by atoms with Crippen molar-refractivity contribution >= 4 is 5.91 Å². The highest BCUT2D eigenvalue weighted by molar-refractivity contribution is 6.00. The van der Waals surface area contributed by atoms with Crippen molar-refractivity contribution < 1.29 is 28.8 Å². The monoisotopic (exact) mass is 613 g/mol. The number of hydrogen-bond acceptors (Lipinski definition) is 7. The zero-order valence-corrected chi connectivity index (χ0v) is 27.0. The van der Waals surface area contributed by atoms with Crippen LogP contribution in [0.25, 0.3) is 11.3 Å². The lowest BCUT2D eigenvalue weighted by atomic mass is 9.93. The smallest absolute Gasteiger partial charge is 0.273 e. The summed E-state index contributed by atoms with van der Waals surface area (Å²) in [5.41, 5.74) is 5.90. The third-order valence-corrected chi connectivity index (χ3v) is 8.24. The van der Waals surface area contributed by atoms with E-state index in [1.807, 2.05) is 74.2 Å². The minimum Gasteiger partial charge on any atom is -0.507 e. The number of methoxy groups -OCH3 is 2. The van der Waals surface area contributed by atoms with E-state index in [0.29, 0.717) is 66.1 Å². The summed E-state index contributed by atoms with van der Waals surface area (Å²) in [5, 5.41) is 18.7. The Labute approximate surface area is 265 Å². The first-order chi connectivity index (χ1) is 21.8. The van der Waals surface area contributed by atoms with Gasteiger partial charge in [0.1, 0.15) is 17.1 Å². The molecule has 2 N–H and O–H groups in total. The predicted octanol–water partition coefficient (Wildman–Crippen LogP) is 7.17. The van der Waals surface area contributed by atoms with E-state index in [-0.39, 0.29) is 11.7 Å². The zero-order valence-electron chi connectivity index (χ0n) is 27.0. The van der Waals surface area contributed by atoms with Gasteiger partial charge in [0, 0.05) is 17.7 Å². The molecule has 3 aromatic carbocycles. The highest BCUT2D eigenvalue weighted by atomic mass is 16.5. The average molecular weight is 614 g/mol. The topological polar surface area (TPSA) is 106 Å². The molecule has 45 heavy (non-hydrogen) atoms. The second kappa shape index (κ2) is 14.0. The molecule has 0 radical (unpaired) electrons. The molecule has 0 spiro atoms. The van der Waals surface area contributed by atoms with E-state index >= 15 is 0 Å².